The molecule has 0 spiro atoms. The number of benzene rings is 2. The van der Waals surface area contributed by atoms with Crippen LogP contribution in [0.3, 0.4) is 0 Å². The molecular weight excluding hydrogens is 439 g/mol. The summed E-state index contributed by atoms with van der Waals surface area (Å²) in [6, 6.07) is 11.8. The van der Waals surface area contributed by atoms with E-state index in [2.05, 4.69) is 15.9 Å². The molecule has 1 aliphatic rings. The van der Waals surface area contributed by atoms with Crippen molar-refractivity contribution in [1.29, 1.82) is 0 Å². The number of nitrogens with zero attached hydrogens (tertiary/aromatic N) is 2. The molecule has 1 fully saturated rings. The van der Waals surface area contributed by atoms with Gasteiger partial charge in [0.05, 0.1) is 11.6 Å². The number of rotatable bonds is 6. The van der Waals surface area contributed by atoms with E-state index in [1.54, 1.807) is 0 Å². The van der Waals surface area contributed by atoms with E-state index in [1.165, 1.54) is 29.2 Å². The van der Waals surface area contributed by atoms with Crippen molar-refractivity contribution >= 4 is 33.4 Å². The lowest BCUT2D eigenvalue weighted by atomic mass is 9.95. The second kappa shape index (κ2) is 8.88. The molecule has 1 N–H and O–H groups in total. The minimum Gasteiger partial charge on any atom is -0.507 e. The SMILES string of the molecule is CN(C)CCCN1C(=O)C(=O)/C(=C(/O)c2ccc(F)cc2)[C@H]1c1cccc(Br)c1. The van der Waals surface area contributed by atoms with Crippen LogP contribution in [0.15, 0.2) is 58.6 Å². The van der Waals surface area contributed by atoms with E-state index in [-0.39, 0.29) is 16.9 Å². The number of hydrogen-bond acceptors (Lipinski definition) is 4. The Morgan fingerprint density at radius 3 is 2.48 bits per heavy atom. The molecule has 7 heteroatoms. The van der Waals surface area contributed by atoms with Gasteiger partial charge in [0, 0.05) is 16.6 Å². The third-order valence-electron chi connectivity index (χ3n) is 4.83. The largest absolute Gasteiger partial charge is 0.507 e. The lowest BCUT2D eigenvalue weighted by Crippen LogP contribution is -2.32. The number of carbonyl (C=O) groups is 2. The average Bonchev–Trinajstić information content (AvgIpc) is 2.93. The molecule has 1 saturated heterocycles. The molecule has 0 bridgehead atoms. The summed E-state index contributed by atoms with van der Waals surface area (Å²) in [5.41, 5.74) is 1.02. The summed E-state index contributed by atoms with van der Waals surface area (Å²) in [5.74, 6) is -2.13. The first-order valence-corrected chi connectivity index (χ1v) is 10.0. The number of likely N-dealkylation sites (tertiary alicyclic amines) is 1. The van der Waals surface area contributed by atoms with Gasteiger partial charge in [-0.15, -0.1) is 0 Å². The third kappa shape index (κ3) is 4.57. The van der Waals surface area contributed by atoms with Crippen molar-refractivity contribution in [3.63, 3.8) is 0 Å². The Morgan fingerprint density at radius 1 is 1.17 bits per heavy atom. The minimum absolute atomic E-state index is 0.0181. The second-order valence-corrected chi connectivity index (χ2v) is 8.13. The first kappa shape index (κ1) is 21.2. The first-order valence-electron chi connectivity index (χ1n) is 9.24. The number of hydrogen-bond donors (Lipinski definition) is 1. The van der Waals surface area contributed by atoms with Crippen LogP contribution in [0, 0.1) is 5.82 Å². The highest BCUT2D eigenvalue weighted by Gasteiger charge is 2.45. The van der Waals surface area contributed by atoms with E-state index in [4.69, 9.17) is 0 Å². The van der Waals surface area contributed by atoms with Crippen LogP contribution in [0.5, 0.6) is 0 Å². The van der Waals surface area contributed by atoms with Crippen LogP contribution in [-0.2, 0) is 9.59 Å². The van der Waals surface area contributed by atoms with Crippen molar-refractivity contribution < 1.29 is 19.1 Å². The van der Waals surface area contributed by atoms with Gasteiger partial charge < -0.3 is 14.9 Å². The number of Topliss-reactive ketones (excluding diaryl/α,β-unsaturated/α-hetero) is 1. The predicted octanol–water partition coefficient (Wildman–Crippen LogP) is 3.96. The fourth-order valence-electron chi connectivity index (χ4n) is 3.45. The van der Waals surface area contributed by atoms with E-state index in [1.807, 2.05) is 43.3 Å². The molecule has 152 valence electrons. The normalized spacial score (nSPS) is 18.7. The standard InChI is InChI=1S/C22H22BrFN2O3/c1-25(2)11-4-12-26-19(15-5-3-6-16(23)13-15)18(21(28)22(26)29)20(27)14-7-9-17(24)10-8-14/h3,5-10,13,19,27H,4,11-12H2,1-2H3/b20-18+/t19-/m1/s1. The first-order chi connectivity index (χ1) is 13.8. The molecule has 1 aliphatic heterocycles. The van der Waals surface area contributed by atoms with Gasteiger partial charge in [-0.3, -0.25) is 9.59 Å². The Kier molecular flexibility index (Phi) is 6.49. The quantitative estimate of drug-likeness (QED) is 0.402. The van der Waals surface area contributed by atoms with E-state index in [0.717, 1.165) is 11.0 Å². The highest BCUT2D eigenvalue weighted by molar-refractivity contribution is 9.10. The van der Waals surface area contributed by atoms with Crippen LogP contribution in [0.1, 0.15) is 23.6 Å². The van der Waals surface area contributed by atoms with E-state index in [0.29, 0.717) is 18.5 Å². The van der Waals surface area contributed by atoms with Crippen LogP contribution in [0.2, 0.25) is 0 Å². The predicted molar refractivity (Wildman–Crippen MR) is 113 cm³/mol. The number of aliphatic hydroxyl groups excluding tert-OH is 1. The molecule has 2 aromatic rings. The summed E-state index contributed by atoms with van der Waals surface area (Å²) in [4.78, 5) is 29.2. The summed E-state index contributed by atoms with van der Waals surface area (Å²) in [7, 11) is 3.88. The Labute approximate surface area is 177 Å². The van der Waals surface area contributed by atoms with Gasteiger partial charge in [-0.1, -0.05) is 28.1 Å². The lowest BCUT2D eigenvalue weighted by molar-refractivity contribution is -0.139. The van der Waals surface area contributed by atoms with Gasteiger partial charge in [0.15, 0.2) is 0 Å². The Bertz CT molecular complexity index is 957. The molecule has 1 amide bonds. The fraction of sp³-hybridized carbons (Fsp3) is 0.273. The van der Waals surface area contributed by atoms with Crippen molar-refractivity contribution in [3.05, 3.63) is 75.5 Å². The zero-order valence-electron chi connectivity index (χ0n) is 16.2. The van der Waals surface area contributed by atoms with Crippen LogP contribution in [0.25, 0.3) is 5.76 Å². The average molecular weight is 461 g/mol. The molecular formula is C22H22BrFN2O3. The van der Waals surface area contributed by atoms with Crippen molar-refractivity contribution in [1.82, 2.24) is 9.80 Å². The number of aliphatic hydroxyl groups is 1. The highest BCUT2D eigenvalue weighted by atomic mass is 79.9. The zero-order valence-corrected chi connectivity index (χ0v) is 17.8. The number of amides is 1. The topological polar surface area (TPSA) is 60.9 Å². The number of ketones is 1. The molecule has 3 rings (SSSR count). The third-order valence-corrected chi connectivity index (χ3v) is 5.32. The van der Waals surface area contributed by atoms with E-state index in [9.17, 15) is 19.1 Å². The van der Waals surface area contributed by atoms with Crippen molar-refractivity contribution in [2.75, 3.05) is 27.2 Å². The van der Waals surface area contributed by atoms with Crippen molar-refractivity contribution in [2.45, 2.75) is 12.5 Å². The fourth-order valence-corrected chi connectivity index (χ4v) is 3.87. The van der Waals surface area contributed by atoms with Crippen molar-refractivity contribution in [2.24, 2.45) is 0 Å². The molecule has 1 heterocycles. The molecule has 0 aromatic heterocycles. The maximum Gasteiger partial charge on any atom is 0.295 e. The van der Waals surface area contributed by atoms with Gasteiger partial charge in [0.2, 0.25) is 0 Å². The molecule has 0 unspecified atom stereocenters. The van der Waals surface area contributed by atoms with E-state index < -0.39 is 23.5 Å². The summed E-state index contributed by atoms with van der Waals surface area (Å²) in [6.45, 7) is 1.13. The summed E-state index contributed by atoms with van der Waals surface area (Å²) in [6.07, 6.45) is 0.682. The van der Waals surface area contributed by atoms with Crippen LogP contribution in [-0.4, -0.2) is 53.8 Å². The maximum absolute atomic E-state index is 13.3. The molecule has 0 saturated carbocycles. The lowest BCUT2D eigenvalue weighted by Gasteiger charge is -2.26. The summed E-state index contributed by atoms with van der Waals surface area (Å²) in [5, 5.41) is 10.9. The molecule has 0 aliphatic carbocycles. The Morgan fingerprint density at radius 2 is 1.86 bits per heavy atom. The Hall–Kier alpha value is -2.51. The smallest absolute Gasteiger partial charge is 0.295 e. The number of carbonyl (C=O) groups excluding carboxylic acids is 2. The van der Waals surface area contributed by atoms with E-state index >= 15 is 0 Å². The Balaban J connectivity index is 2.09. The van der Waals surface area contributed by atoms with Gasteiger partial charge in [-0.05, 0) is 69.0 Å². The molecule has 5 nitrogen and oxygen atoms in total. The molecule has 1 atom stereocenters. The van der Waals surface area contributed by atoms with Crippen LogP contribution >= 0.6 is 15.9 Å². The van der Waals surface area contributed by atoms with Crippen molar-refractivity contribution in [3.8, 4) is 0 Å². The summed E-state index contributed by atoms with van der Waals surface area (Å²) < 4.78 is 14.1. The molecule has 0 radical (unpaired) electrons. The van der Waals surface area contributed by atoms with Gasteiger partial charge in [0.1, 0.15) is 11.6 Å². The van der Waals surface area contributed by atoms with Crippen LogP contribution in [0.4, 0.5) is 4.39 Å². The summed E-state index contributed by atoms with van der Waals surface area (Å²) >= 11 is 3.43. The zero-order chi connectivity index (χ0) is 21.1. The van der Waals surface area contributed by atoms with Gasteiger partial charge in [-0.25, -0.2) is 4.39 Å². The highest BCUT2D eigenvalue weighted by Crippen LogP contribution is 2.40. The molecule has 2 aromatic carbocycles. The van der Waals surface area contributed by atoms with Crippen LogP contribution < -0.4 is 0 Å². The minimum atomic E-state index is -0.735. The number of halogens is 2. The van der Waals surface area contributed by atoms with Gasteiger partial charge in [0.25, 0.3) is 11.7 Å². The second-order valence-electron chi connectivity index (χ2n) is 7.21. The maximum atomic E-state index is 13.3. The van der Waals surface area contributed by atoms with Gasteiger partial charge in [-0.2, -0.15) is 0 Å². The monoisotopic (exact) mass is 460 g/mol. The molecule has 29 heavy (non-hydrogen) atoms. The van der Waals surface area contributed by atoms with Gasteiger partial charge >= 0.3 is 0 Å².